The zero-order valence-electron chi connectivity index (χ0n) is 9.08. The molecule has 0 saturated carbocycles. The van der Waals surface area contributed by atoms with E-state index in [9.17, 15) is 14.7 Å². The van der Waals surface area contributed by atoms with E-state index in [0.29, 0.717) is 5.01 Å². The Balaban J connectivity index is 2.73. The maximum atomic E-state index is 11.6. The second-order valence-electron chi connectivity index (χ2n) is 3.36. The topological polar surface area (TPSA) is 126 Å². The van der Waals surface area contributed by atoms with E-state index >= 15 is 0 Å². The van der Waals surface area contributed by atoms with Crippen molar-refractivity contribution < 1.29 is 19.8 Å². The fourth-order valence-corrected chi connectivity index (χ4v) is 1.77. The van der Waals surface area contributed by atoms with Crippen molar-refractivity contribution in [3.63, 3.8) is 0 Å². The van der Waals surface area contributed by atoms with E-state index in [2.05, 4.69) is 10.3 Å². The molecule has 17 heavy (non-hydrogen) atoms. The summed E-state index contributed by atoms with van der Waals surface area (Å²) >= 11 is 1.21. The molecular formula is C9H13N3O4S. The fourth-order valence-electron chi connectivity index (χ4n) is 1.11. The molecule has 1 rings (SSSR count). The summed E-state index contributed by atoms with van der Waals surface area (Å²) in [6, 6.07) is -1.36. The molecule has 7 nitrogen and oxygen atoms in total. The minimum atomic E-state index is -1.36. The third kappa shape index (κ3) is 3.48. The average molecular weight is 259 g/mol. The van der Waals surface area contributed by atoms with Crippen LogP contribution in [0.1, 0.15) is 22.4 Å². The third-order valence-corrected chi connectivity index (χ3v) is 2.87. The Morgan fingerprint density at radius 2 is 2.29 bits per heavy atom. The van der Waals surface area contributed by atoms with Crippen LogP contribution in [0.3, 0.4) is 0 Å². The van der Waals surface area contributed by atoms with E-state index in [1.165, 1.54) is 23.6 Å². The number of thiazole rings is 1. The van der Waals surface area contributed by atoms with Crippen LogP contribution in [0.5, 0.6) is 0 Å². The van der Waals surface area contributed by atoms with Crippen LogP contribution in [0, 0.1) is 0 Å². The van der Waals surface area contributed by atoms with Crippen molar-refractivity contribution in [2.45, 2.75) is 25.6 Å². The molecule has 0 fully saturated rings. The fraction of sp³-hybridized carbons (Fsp3) is 0.444. The molecule has 0 radical (unpaired) electrons. The van der Waals surface area contributed by atoms with Gasteiger partial charge >= 0.3 is 5.97 Å². The van der Waals surface area contributed by atoms with Gasteiger partial charge in [0.1, 0.15) is 10.7 Å². The van der Waals surface area contributed by atoms with Gasteiger partial charge in [-0.15, -0.1) is 11.3 Å². The summed E-state index contributed by atoms with van der Waals surface area (Å²) < 4.78 is 0. The van der Waals surface area contributed by atoms with Crippen LogP contribution in [0.2, 0.25) is 0 Å². The molecular weight excluding hydrogens is 246 g/mol. The van der Waals surface area contributed by atoms with Crippen LogP contribution >= 0.6 is 11.3 Å². The van der Waals surface area contributed by atoms with Gasteiger partial charge in [-0.2, -0.15) is 0 Å². The predicted octanol–water partition coefficient (Wildman–Crippen LogP) is -0.834. The molecule has 5 N–H and O–H groups in total. The van der Waals surface area contributed by atoms with Crippen LogP contribution in [-0.4, -0.2) is 39.2 Å². The van der Waals surface area contributed by atoms with Gasteiger partial charge in [-0.25, -0.2) is 9.78 Å². The molecule has 94 valence electrons. The van der Waals surface area contributed by atoms with Crippen LogP contribution in [-0.2, 0) is 11.3 Å². The lowest BCUT2D eigenvalue weighted by Gasteiger charge is -2.16. The number of carboxylic acids is 1. The smallest absolute Gasteiger partial charge is 0.328 e. The number of carbonyl (C=O) groups is 2. The summed E-state index contributed by atoms with van der Waals surface area (Å²) in [4.78, 5) is 26.3. The molecule has 0 aliphatic rings. The van der Waals surface area contributed by atoms with Gasteiger partial charge in [0, 0.05) is 11.9 Å². The number of hydrogen-bond donors (Lipinski definition) is 4. The van der Waals surface area contributed by atoms with E-state index < -0.39 is 24.0 Å². The van der Waals surface area contributed by atoms with Gasteiger partial charge in [0.15, 0.2) is 6.04 Å². The van der Waals surface area contributed by atoms with Gasteiger partial charge < -0.3 is 21.3 Å². The number of nitrogens with one attached hydrogen (secondary N) is 1. The van der Waals surface area contributed by atoms with Crippen LogP contribution < -0.4 is 11.1 Å². The second kappa shape index (κ2) is 5.71. The Hall–Kier alpha value is -1.51. The van der Waals surface area contributed by atoms with Crippen molar-refractivity contribution in [3.8, 4) is 0 Å². The Kier molecular flexibility index (Phi) is 4.55. The maximum Gasteiger partial charge on any atom is 0.328 e. The largest absolute Gasteiger partial charge is 0.480 e. The number of carbonyl (C=O) groups excluding carboxylic acids is 1. The zero-order valence-corrected chi connectivity index (χ0v) is 9.90. The van der Waals surface area contributed by atoms with Gasteiger partial charge in [0.25, 0.3) is 5.91 Å². The lowest BCUT2D eigenvalue weighted by atomic mass is 10.2. The van der Waals surface area contributed by atoms with E-state index in [1.807, 2.05) is 0 Å². The maximum absolute atomic E-state index is 11.6. The summed E-state index contributed by atoms with van der Waals surface area (Å²) in [5.74, 6) is -1.95. The van der Waals surface area contributed by atoms with Crippen molar-refractivity contribution in [1.82, 2.24) is 10.3 Å². The van der Waals surface area contributed by atoms with E-state index in [0.717, 1.165) is 0 Å². The lowest BCUT2D eigenvalue weighted by molar-refractivity contribution is -0.141. The molecule has 1 heterocycles. The highest BCUT2D eigenvalue weighted by Crippen LogP contribution is 2.09. The minimum Gasteiger partial charge on any atom is -0.480 e. The Morgan fingerprint density at radius 3 is 2.71 bits per heavy atom. The molecule has 0 bridgehead atoms. The molecule has 1 amide bonds. The number of aliphatic hydroxyl groups is 1. The number of aliphatic hydroxyl groups excluding tert-OH is 1. The van der Waals surface area contributed by atoms with Crippen LogP contribution in [0.15, 0.2) is 5.38 Å². The Labute approximate surface area is 101 Å². The number of rotatable bonds is 5. The first-order valence-electron chi connectivity index (χ1n) is 4.82. The average Bonchev–Trinajstić information content (AvgIpc) is 2.73. The predicted molar refractivity (Wildman–Crippen MR) is 60.6 cm³/mol. The molecule has 0 saturated heterocycles. The molecule has 1 aromatic rings. The highest BCUT2D eigenvalue weighted by atomic mass is 32.1. The molecule has 0 spiro atoms. The number of nitrogens with zero attached hydrogens (tertiary/aromatic N) is 1. The molecule has 8 heteroatoms. The first kappa shape index (κ1) is 13.6. The highest BCUT2D eigenvalue weighted by Gasteiger charge is 2.26. The summed E-state index contributed by atoms with van der Waals surface area (Å²) in [7, 11) is 0. The standard InChI is InChI=1S/C9H13N3O4S/c1-4(13)7(9(15)16)12-8(14)5-3-17-6(2-10)11-5/h3-4,7,13H,2,10H2,1H3,(H,12,14)(H,15,16). The van der Waals surface area contributed by atoms with Crippen molar-refractivity contribution in [2.75, 3.05) is 0 Å². The van der Waals surface area contributed by atoms with Gasteiger partial charge in [-0.05, 0) is 6.92 Å². The first-order valence-corrected chi connectivity index (χ1v) is 5.70. The van der Waals surface area contributed by atoms with Crippen molar-refractivity contribution in [3.05, 3.63) is 16.1 Å². The summed E-state index contributed by atoms with van der Waals surface area (Å²) in [5, 5.41) is 22.2. The van der Waals surface area contributed by atoms with Gasteiger partial charge in [-0.3, -0.25) is 4.79 Å². The summed E-state index contributed by atoms with van der Waals surface area (Å²) in [6.45, 7) is 1.50. The number of aliphatic carboxylic acids is 1. The van der Waals surface area contributed by atoms with E-state index in [4.69, 9.17) is 10.8 Å². The van der Waals surface area contributed by atoms with Gasteiger partial charge in [0.05, 0.1) is 6.10 Å². The molecule has 0 aliphatic heterocycles. The summed E-state index contributed by atoms with van der Waals surface area (Å²) in [5.41, 5.74) is 5.44. The molecule has 0 aliphatic carbocycles. The number of carboxylic acid groups (broad SMARTS) is 1. The molecule has 0 aromatic carbocycles. The molecule has 2 atom stereocenters. The highest BCUT2D eigenvalue weighted by molar-refractivity contribution is 7.09. The van der Waals surface area contributed by atoms with Crippen molar-refractivity contribution in [2.24, 2.45) is 5.73 Å². The van der Waals surface area contributed by atoms with E-state index in [-0.39, 0.29) is 12.2 Å². The van der Waals surface area contributed by atoms with Crippen molar-refractivity contribution in [1.29, 1.82) is 0 Å². The van der Waals surface area contributed by atoms with Gasteiger partial charge in [-0.1, -0.05) is 0 Å². The normalized spacial score (nSPS) is 14.1. The van der Waals surface area contributed by atoms with Crippen molar-refractivity contribution >= 4 is 23.2 Å². The second-order valence-corrected chi connectivity index (χ2v) is 4.30. The minimum absolute atomic E-state index is 0.0994. The lowest BCUT2D eigenvalue weighted by Crippen LogP contribution is -2.47. The zero-order chi connectivity index (χ0) is 13.0. The first-order chi connectivity index (χ1) is 7.95. The Bertz CT molecular complexity index is 418. The quantitative estimate of drug-likeness (QED) is 0.546. The number of hydrogen-bond acceptors (Lipinski definition) is 6. The van der Waals surface area contributed by atoms with E-state index in [1.54, 1.807) is 0 Å². The van der Waals surface area contributed by atoms with Crippen LogP contribution in [0.25, 0.3) is 0 Å². The third-order valence-electron chi connectivity index (χ3n) is 1.99. The molecule has 2 unspecified atom stereocenters. The summed E-state index contributed by atoms with van der Waals surface area (Å²) in [6.07, 6.45) is -1.19. The molecule has 1 aromatic heterocycles. The van der Waals surface area contributed by atoms with Gasteiger partial charge in [0.2, 0.25) is 0 Å². The Morgan fingerprint density at radius 1 is 1.65 bits per heavy atom. The number of nitrogens with two attached hydrogens (primary N) is 1. The SMILES string of the molecule is CC(O)C(NC(=O)c1csc(CN)n1)C(=O)O. The number of amides is 1. The number of aromatic nitrogens is 1. The van der Waals surface area contributed by atoms with Crippen LogP contribution in [0.4, 0.5) is 0 Å². The monoisotopic (exact) mass is 259 g/mol.